The lowest BCUT2D eigenvalue weighted by Crippen LogP contribution is -2.51. The molecule has 2 rings (SSSR count). The fourth-order valence-electron chi connectivity index (χ4n) is 2.93. The standard InChI is InChI=1S/C18H26N4O4/c1-2-3-8-19-17(23)14-20-9-11-21(12-10-20)18(24)13-15-6-4-5-7-16(15)22(25)26/h4-7H,2-3,8-14H2,1H3,(H,19,23). The molecule has 1 heterocycles. The molecule has 1 fully saturated rings. The van der Waals surface area contributed by atoms with Gasteiger partial charge in [0.15, 0.2) is 0 Å². The molecule has 0 unspecified atom stereocenters. The van der Waals surface area contributed by atoms with Crippen molar-refractivity contribution in [3.63, 3.8) is 0 Å². The van der Waals surface area contributed by atoms with E-state index in [1.54, 1.807) is 23.1 Å². The van der Waals surface area contributed by atoms with E-state index in [1.165, 1.54) is 6.07 Å². The number of nitrogens with one attached hydrogen (secondary N) is 1. The Kier molecular flexibility index (Phi) is 7.53. The fourth-order valence-corrected chi connectivity index (χ4v) is 2.93. The molecule has 1 aliphatic heterocycles. The van der Waals surface area contributed by atoms with E-state index in [1.807, 2.05) is 4.90 Å². The van der Waals surface area contributed by atoms with Gasteiger partial charge in [0.25, 0.3) is 5.69 Å². The van der Waals surface area contributed by atoms with Crippen molar-refractivity contribution in [2.75, 3.05) is 39.3 Å². The van der Waals surface area contributed by atoms with Crippen LogP contribution in [0.25, 0.3) is 0 Å². The van der Waals surface area contributed by atoms with Crippen molar-refractivity contribution in [1.82, 2.24) is 15.1 Å². The average molecular weight is 362 g/mol. The number of rotatable bonds is 8. The largest absolute Gasteiger partial charge is 0.355 e. The van der Waals surface area contributed by atoms with Gasteiger partial charge in [-0.05, 0) is 6.42 Å². The van der Waals surface area contributed by atoms with Crippen LogP contribution in [0.2, 0.25) is 0 Å². The summed E-state index contributed by atoms with van der Waals surface area (Å²) in [5.41, 5.74) is 0.406. The predicted molar refractivity (Wildman–Crippen MR) is 97.7 cm³/mol. The highest BCUT2D eigenvalue weighted by atomic mass is 16.6. The van der Waals surface area contributed by atoms with Gasteiger partial charge in [-0.15, -0.1) is 0 Å². The second kappa shape index (κ2) is 9.86. The molecule has 142 valence electrons. The van der Waals surface area contributed by atoms with Crippen LogP contribution in [0.15, 0.2) is 24.3 Å². The van der Waals surface area contributed by atoms with Gasteiger partial charge in [-0.25, -0.2) is 0 Å². The van der Waals surface area contributed by atoms with E-state index in [9.17, 15) is 19.7 Å². The molecule has 8 nitrogen and oxygen atoms in total. The smallest absolute Gasteiger partial charge is 0.273 e. The molecule has 0 saturated carbocycles. The maximum Gasteiger partial charge on any atom is 0.273 e. The van der Waals surface area contributed by atoms with Crippen molar-refractivity contribution in [3.8, 4) is 0 Å². The summed E-state index contributed by atoms with van der Waals surface area (Å²) in [5, 5.41) is 13.9. The minimum absolute atomic E-state index is 0.0122. The Morgan fingerprint density at radius 3 is 2.54 bits per heavy atom. The third kappa shape index (κ3) is 5.80. The monoisotopic (exact) mass is 362 g/mol. The number of amides is 2. The number of piperazine rings is 1. The van der Waals surface area contributed by atoms with Gasteiger partial charge in [-0.1, -0.05) is 31.5 Å². The maximum atomic E-state index is 12.5. The summed E-state index contributed by atoms with van der Waals surface area (Å²) >= 11 is 0. The molecule has 0 aromatic heterocycles. The molecule has 0 atom stereocenters. The number of hydrogen-bond acceptors (Lipinski definition) is 5. The van der Waals surface area contributed by atoms with E-state index in [0.717, 1.165) is 12.8 Å². The van der Waals surface area contributed by atoms with Gasteiger partial charge in [0.1, 0.15) is 0 Å². The first-order valence-electron chi connectivity index (χ1n) is 9.00. The van der Waals surface area contributed by atoms with Crippen LogP contribution in [-0.2, 0) is 16.0 Å². The first-order valence-corrected chi connectivity index (χ1v) is 9.00. The zero-order chi connectivity index (χ0) is 18.9. The quantitative estimate of drug-likeness (QED) is 0.426. The number of para-hydroxylation sites is 1. The predicted octanol–water partition coefficient (Wildman–Crippen LogP) is 1.20. The number of carbonyl (C=O) groups excluding carboxylic acids is 2. The molecule has 0 spiro atoms. The maximum absolute atomic E-state index is 12.5. The van der Waals surface area contributed by atoms with E-state index in [0.29, 0.717) is 44.8 Å². The number of unbranched alkanes of at least 4 members (excludes halogenated alkanes) is 1. The topological polar surface area (TPSA) is 95.8 Å². The van der Waals surface area contributed by atoms with Crippen LogP contribution in [0.1, 0.15) is 25.3 Å². The van der Waals surface area contributed by atoms with Gasteiger partial charge >= 0.3 is 0 Å². The molecule has 8 heteroatoms. The molecule has 1 N–H and O–H groups in total. The Balaban J connectivity index is 1.80. The second-order valence-electron chi connectivity index (χ2n) is 6.42. The summed E-state index contributed by atoms with van der Waals surface area (Å²) in [4.78, 5) is 38.6. The molecule has 1 aromatic rings. The first kappa shape index (κ1) is 19.8. The normalized spacial score (nSPS) is 14.9. The Morgan fingerprint density at radius 2 is 1.88 bits per heavy atom. The van der Waals surface area contributed by atoms with Crippen LogP contribution in [-0.4, -0.2) is 65.8 Å². The summed E-state index contributed by atoms with van der Waals surface area (Å²) < 4.78 is 0. The van der Waals surface area contributed by atoms with E-state index >= 15 is 0 Å². The van der Waals surface area contributed by atoms with Crippen molar-refractivity contribution in [3.05, 3.63) is 39.9 Å². The van der Waals surface area contributed by atoms with Crippen molar-refractivity contribution < 1.29 is 14.5 Å². The third-order valence-electron chi connectivity index (χ3n) is 4.47. The second-order valence-corrected chi connectivity index (χ2v) is 6.42. The SMILES string of the molecule is CCCCNC(=O)CN1CCN(C(=O)Cc2ccccc2[N+](=O)[O-])CC1. The van der Waals surface area contributed by atoms with Gasteiger partial charge in [-0.3, -0.25) is 24.6 Å². The third-order valence-corrected chi connectivity index (χ3v) is 4.47. The Hall–Kier alpha value is -2.48. The highest BCUT2D eigenvalue weighted by Crippen LogP contribution is 2.19. The van der Waals surface area contributed by atoms with Crippen LogP contribution >= 0.6 is 0 Å². The van der Waals surface area contributed by atoms with Gasteiger partial charge in [0.2, 0.25) is 11.8 Å². The first-order chi connectivity index (χ1) is 12.5. The lowest BCUT2D eigenvalue weighted by Gasteiger charge is -2.34. The van der Waals surface area contributed by atoms with Gasteiger partial charge < -0.3 is 10.2 Å². The van der Waals surface area contributed by atoms with Crippen molar-refractivity contribution in [2.24, 2.45) is 0 Å². The molecule has 0 aliphatic carbocycles. The summed E-state index contributed by atoms with van der Waals surface area (Å²) in [6.07, 6.45) is 2.04. The van der Waals surface area contributed by atoms with E-state index in [4.69, 9.17) is 0 Å². The summed E-state index contributed by atoms with van der Waals surface area (Å²) in [6, 6.07) is 6.33. The Labute approximate surface area is 153 Å². The molecule has 0 radical (unpaired) electrons. The molecule has 1 aliphatic rings. The lowest BCUT2D eigenvalue weighted by atomic mass is 10.1. The van der Waals surface area contributed by atoms with Gasteiger partial charge in [0, 0.05) is 44.4 Å². The lowest BCUT2D eigenvalue weighted by molar-refractivity contribution is -0.385. The van der Waals surface area contributed by atoms with Crippen molar-refractivity contribution >= 4 is 17.5 Å². The minimum atomic E-state index is -0.461. The van der Waals surface area contributed by atoms with Crippen LogP contribution < -0.4 is 5.32 Å². The zero-order valence-electron chi connectivity index (χ0n) is 15.1. The van der Waals surface area contributed by atoms with Crippen molar-refractivity contribution in [1.29, 1.82) is 0 Å². The summed E-state index contributed by atoms with van der Waals surface area (Å²) in [7, 11) is 0. The number of nitro groups is 1. The number of benzene rings is 1. The Bertz CT molecular complexity index is 642. The van der Waals surface area contributed by atoms with E-state index < -0.39 is 4.92 Å². The molecule has 2 amide bonds. The van der Waals surface area contributed by atoms with E-state index in [2.05, 4.69) is 12.2 Å². The minimum Gasteiger partial charge on any atom is -0.355 e. The van der Waals surface area contributed by atoms with Crippen molar-refractivity contribution in [2.45, 2.75) is 26.2 Å². The fraction of sp³-hybridized carbons (Fsp3) is 0.556. The molecule has 1 saturated heterocycles. The summed E-state index contributed by atoms with van der Waals surface area (Å²) in [6.45, 7) is 5.43. The number of carbonyl (C=O) groups is 2. The van der Waals surface area contributed by atoms with Crippen LogP contribution in [0.3, 0.4) is 0 Å². The highest BCUT2D eigenvalue weighted by Gasteiger charge is 2.24. The number of nitrogens with zero attached hydrogens (tertiary/aromatic N) is 3. The number of hydrogen-bond donors (Lipinski definition) is 1. The molecule has 26 heavy (non-hydrogen) atoms. The molecular formula is C18H26N4O4. The number of nitro benzene ring substituents is 1. The van der Waals surface area contributed by atoms with E-state index in [-0.39, 0.29) is 23.9 Å². The zero-order valence-corrected chi connectivity index (χ0v) is 15.1. The van der Waals surface area contributed by atoms with Gasteiger partial charge in [-0.2, -0.15) is 0 Å². The Morgan fingerprint density at radius 1 is 1.19 bits per heavy atom. The molecule has 0 bridgehead atoms. The molecular weight excluding hydrogens is 336 g/mol. The average Bonchev–Trinajstić information content (AvgIpc) is 2.62. The summed E-state index contributed by atoms with van der Waals surface area (Å²) in [5.74, 6) is -0.107. The van der Waals surface area contributed by atoms with Crippen LogP contribution in [0, 0.1) is 10.1 Å². The van der Waals surface area contributed by atoms with Crippen LogP contribution in [0.5, 0.6) is 0 Å². The molecule has 1 aromatic carbocycles. The van der Waals surface area contributed by atoms with Gasteiger partial charge in [0.05, 0.1) is 17.9 Å². The highest BCUT2D eigenvalue weighted by molar-refractivity contribution is 5.80. The van der Waals surface area contributed by atoms with Crippen LogP contribution in [0.4, 0.5) is 5.69 Å².